The summed E-state index contributed by atoms with van der Waals surface area (Å²) >= 11 is 0. The lowest BCUT2D eigenvalue weighted by Gasteiger charge is -2.37. The topological polar surface area (TPSA) is 122 Å². The Kier molecular flexibility index (Phi) is 5.35. The SMILES string of the molecule is CCC1CCC(NC(=O)C(C)NC(N)=O)(C(=O)O)CC1. The molecule has 1 aliphatic carbocycles. The van der Waals surface area contributed by atoms with Crippen LogP contribution >= 0.6 is 0 Å². The molecule has 0 aromatic heterocycles. The molecule has 0 aliphatic heterocycles. The van der Waals surface area contributed by atoms with Crippen molar-refractivity contribution < 1.29 is 19.5 Å². The molecule has 0 aromatic rings. The molecule has 1 fully saturated rings. The van der Waals surface area contributed by atoms with E-state index in [1.807, 2.05) is 0 Å². The molecule has 3 amide bonds. The van der Waals surface area contributed by atoms with Gasteiger partial charge in [-0.1, -0.05) is 13.3 Å². The molecule has 1 saturated carbocycles. The van der Waals surface area contributed by atoms with Gasteiger partial charge in [0.25, 0.3) is 0 Å². The molecule has 1 rings (SSSR count). The first-order valence-corrected chi connectivity index (χ1v) is 6.92. The number of carboxylic acids is 1. The van der Waals surface area contributed by atoms with Gasteiger partial charge in [0.1, 0.15) is 11.6 Å². The first kappa shape index (κ1) is 16.3. The van der Waals surface area contributed by atoms with Gasteiger partial charge < -0.3 is 21.5 Å². The third kappa shape index (κ3) is 3.85. The maximum Gasteiger partial charge on any atom is 0.329 e. The molecular weight excluding hydrogens is 262 g/mol. The van der Waals surface area contributed by atoms with Crippen molar-refractivity contribution in [2.45, 2.75) is 57.5 Å². The minimum absolute atomic E-state index is 0.413. The predicted molar refractivity (Wildman–Crippen MR) is 72.9 cm³/mol. The molecule has 0 spiro atoms. The highest BCUT2D eigenvalue weighted by molar-refractivity contribution is 5.91. The van der Waals surface area contributed by atoms with Crippen LogP contribution < -0.4 is 16.4 Å². The number of nitrogens with one attached hydrogen (secondary N) is 2. The Labute approximate surface area is 118 Å². The lowest BCUT2D eigenvalue weighted by Crippen LogP contribution is -2.60. The van der Waals surface area contributed by atoms with Crippen molar-refractivity contribution in [1.82, 2.24) is 10.6 Å². The second-order valence-electron chi connectivity index (χ2n) is 5.46. The molecule has 0 heterocycles. The number of carboxylic acid groups (broad SMARTS) is 1. The van der Waals surface area contributed by atoms with E-state index in [9.17, 15) is 19.5 Å². The number of carbonyl (C=O) groups is 3. The largest absolute Gasteiger partial charge is 0.480 e. The summed E-state index contributed by atoms with van der Waals surface area (Å²) in [6, 6.07) is -1.67. The Morgan fingerprint density at radius 3 is 2.30 bits per heavy atom. The van der Waals surface area contributed by atoms with Crippen LogP contribution in [0.5, 0.6) is 0 Å². The predicted octanol–water partition coefficient (Wildman–Crippen LogP) is 0.583. The fraction of sp³-hybridized carbons (Fsp3) is 0.769. The Bertz CT molecular complexity index is 389. The number of hydrogen-bond acceptors (Lipinski definition) is 3. The first-order valence-electron chi connectivity index (χ1n) is 6.92. The van der Waals surface area contributed by atoms with E-state index in [2.05, 4.69) is 17.6 Å². The van der Waals surface area contributed by atoms with Crippen molar-refractivity contribution in [3.63, 3.8) is 0 Å². The minimum Gasteiger partial charge on any atom is -0.480 e. The summed E-state index contributed by atoms with van der Waals surface area (Å²) in [5.74, 6) is -1.03. The zero-order valence-corrected chi connectivity index (χ0v) is 11.9. The zero-order chi connectivity index (χ0) is 15.3. The number of hydrogen-bond donors (Lipinski definition) is 4. The van der Waals surface area contributed by atoms with E-state index in [4.69, 9.17) is 5.73 Å². The van der Waals surface area contributed by atoms with Gasteiger partial charge >= 0.3 is 12.0 Å². The molecule has 0 saturated heterocycles. The highest BCUT2D eigenvalue weighted by Crippen LogP contribution is 2.34. The third-order valence-electron chi connectivity index (χ3n) is 4.06. The maximum atomic E-state index is 12.0. The number of nitrogens with two attached hydrogens (primary N) is 1. The van der Waals surface area contributed by atoms with Gasteiger partial charge in [0, 0.05) is 0 Å². The lowest BCUT2D eigenvalue weighted by molar-refractivity contribution is -0.150. The molecule has 0 aromatic carbocycles. The molecule has 1 unspecified atom stereocenters. The van der Waals surface area contributed by atoms with E-state index in [1.165, 1.54) is 6.92 Å². The number of urea groups is 1. The highest BCUT2D eigenvalue weighted by atomic mass is 16.4. The van der Waals surface area contributed by atoms with Gasteiger partial charge in [0.15, 0.2) is 0 Å². The van der Waals surface area contributed by atoms with Crippen LogP contribution in [0.4, 0.5) is 4.79 Å². The number of carbonyl (C=O) groups excluding carboxylic acids is 2. The Morgan fingerprint density at radius 1 is 1.35 bits per heavy atom. The van der Waals surface area contributed by atoms with Gasteiger partial charge in [-0.25, -0.2) is 9.59 Å². The normalized spacial score (nSPS) is 27.4. The molecule has 20 heavy (non-hydrogen) atoms. The lowest BCUT2D eigenvalue weighted by atomic mass is 9.75. The van der Waals surface area contributed by atoms with Crippen molar-refractivity contribution in [2.24, 2.45) is 11.7 Å². The molecule has 0 radical (unpaired) electrons. The van der Waals surface area contributed by atoms with Gasteiger partial charge in [-0.15, -0.1) is 0 Å². The summed E-state index contributed by atoms with van der Waals surface area (Å²) in [6.45, 7) is 3.54. The Hall–Kier alpha value is -1.79. The summed E-state index contributed by atoms with van der Waals surface area (Å²) in [6.07, 6.45) is 3.40. The van der Waals surface area contributed by atoms with E-state index in [1.54, 1.807) is 0 Å². The Morgan fingerprint density at radius 2 is 1.90 bits per heavy atom. The van der Waals surface area contributed by atoms with Gasteiger partial charge in [-0.05, 0) is 38.5 Å². The van der Waals surface area contributed by atoms with E-state index in [-0.39, 0.29) is 0 Å². The molecule has 1 aliphatic rings. The summed E-state index contributed by atoms with van der Waals surface area (Å²) in [5, 5.41) is 14.2. The molecule has 1 atom stereocenters. The van der Waals surface area contributed by atoms with E-state index >= 15 is 0 Å². The standard InChI is InChI=1S/C13H23N3O4/c1-3-9-4-6-13(7-5-9,11(18)19)16-10(17)8(2)15-12(14)20/h8-9H,3-7H2,1-2H3,(H,16,17)(H,18,19)(H3,14,15,20). The van der Waals surface area contributed by atoms with Crippen molar-refractivity contribution in [3.05, 3.63) is 0 Å². The Balaban J connectivity index is 2.71. The van der Waals surface area contributed by atoms with Crippen LogP contribution in [-0.2, 0) is 9.59 Å². The molecular formula is C13H23N3O4. The number of rotatable bonds is 5. The van der Waals surface area contributed by atoms with Crippen LogP contribution in [0.3, 0.4) is 0 Å². The fourth-order valence-corrected chi connectivity index (χ4v) is 2.59. The molecule has 7 heteroatoms. The third-order valence-corrected chi connectivity index (χ3v) is 4.06. The van der Waals surface area contributed by atoms with Gasteiger partial charge in [0.05, 0.1) is 0 Å². The van der Waals surface area contributed by atoms with E-state index < -0.39 is 29.5 Å². The second kappa shape index (κ2) is 6.58. The van der Waals surface area contributed by atoms with Gasteiger partial charge in [-0.2, -0.15) is 0 Å². The molecule has 5 N–H and O–H groups in total. The summed E-state index contributed by atoms with van der Waals surface area (Å²) in [7, 11) is 0. The average molecular weight is 285 g/mol. The van der Waals surface area contributed by atoms with Crippen LogP contribution in [0.1, 0.15) is 46.0 Å². The zero-order valence-electron chi connectivity index (χ0n) is 11.9. The van der Waals surface area contributed by atoms with E-state index in [0.29, 0.717) is 18.8 Å². The molecule has 114 valence electrons. The van der Waals surface area contributed by atoms with Crippen LogP contribution in [0.15, 0.2) is 0 Å². The monoisotopic (exact) mass is 285 g/mol. The average Bonchev–Trinajstić information content (AvgIpc) is 2.38. The van der Waals surface area contributed by atoms with Crippen molar-refractivity contribution in [2.75, 3.05) is 0 Å². The van der Waals surface area contributed by atoms with E-state index in [0.717, 1.165) is 19.3 Å². The summed E-state index contributed by atoms with van der Waals surface area (Å²) in [4.78, 5) is 34.2. The van der Waals surface area contributed by atoms with Crippen LogP contribution in [0.2, 0.25) is 0 Å². The summed E-state index contributed by atoms with van der Waals surface area (Å²) < 4.78 is 0. The minimum atomic E-state index is -1.23. The van der Waals surface area contributed by atoms with Gasteiger partial charge in [-0.3, -0.25) is 4.79 Å². The van der Waals surface area contributed by atoms with Crippen molar-refractivity contribution in [3.8, 4) is 0 Å². The number of amides is 3. The fourth-order valence-electron chi connectivity index (χ4n) is 2.59. The van der Waals surface area contributed by atoms with Crippen molar-refractivity contribution in [1.29, 1.82) is 0 Å². The second-order valence-corrected chi connectivity index (χ2v) is 5.46. The van der Waals surface area contributed by atoms with Crippen LogP contribution in [-0.4, -0.2) is 34.6 Å². The molecule has 0 bridgehead atoms. The summed E-state index contributed by atoms with van der Waals surface area (Å²) in [5.41, 5.74) is 3.72. The van der Waals surface area contributed by atoms with Crippen LogP contribution in [0.25, 0.3) is 0 Å². The first-order chi connectivity index (χ1) is 9.30. The maximum absolute atomic E-state index is 12.0. The number of aliphatic carboxylic acids is 1. The quantitative estimate of drug-likeness (QED) is 0.590. The van der Waals surface area contributed by atoms with Gasteiger partial charge in [0.2, 0.25) is 5.91 Å². The highest BCUT2D eigenvalue weighted by Gasteiger charge is 2.43. The van der Waals surface area contributed by atoms with Crippen molar-refractivity contribution >= 4 is 17.9 Å². The number of primary amides is 1. The molecule has 7 nitrogen and oxygen atoms in total. The van der Waals surface area contributed by atoms with Crippen LogP contribution in [0, 0.1) is 5.92 Å². The smallest absolute Gasteiger partial charge is 0.329 e.